The fraction of sp³-hybridized carbons (Fsp3) is 0.267. The summed E-state index contributed by atoms with van der Waals surface area (Å²) in [5.74, 6) is 0.00847. The number of aliphatic imine (C=N–C) groups is 1. The number of ether oxygens (including phenoxy) is 1. The van der Waals surface area contributed by atoms with Gasteiger partial charge in [0.15, 0.2) is 5.88 Å². The molecular weight excluding hydrogens is 464 g/mol. The highest BCUT2D eigenvalue weighted by atomic mass is 16.5. The van der Waals surface area contributed by atoms with Gasteiger partial charge in [-0.3, -0.25) is 9.69 Å². The van der Waals surface area contributed by atoms with Crippen LogP contribution in [0.2, 0.25) is 0 Å². The SMILES string of the molecule is CCOC(=O)C1CCN(Cc2ccc(N=C(c3ccccc3)c3c(O)[nH]c4ccc(N)cc34)cc2)CC1. The predicted octanol–water partition coefficient (Wildman–Crippen LogP) is 5.40. The fourth-order valence-electron chi connectivity index (χ4n) is 4.95. The maximum atomic E-state index is 12.0. The topological polar surface area (TPSA) is 104 Å². The van der Waals surface area contributed by atoms with E-state index in [4.69, 9.17) is 15.5 Å². The zero-order valence-corrected chi connectivity index (χ0v) is 21.0. The summed E-state index contributed by atoms with van der Waals surface area (Å²) in [6.45, 7) is 4.87. The highest BCUT2D eigenvalue weighted by Gasteiger charge is 2.26. The number of fused-ring (bicyclic) bond motifs is 1. The van der Waals surface area contributed by atoms with Gasteiger partial charge in [0.25, 0.3) is 0 Å². The molecule has 3 aromatic carbocycles. The molecule has 1 saturated heterocycles. The summed E-state index contributed by atoms with van der Waals surface area (Å²) in [5.41, 5.74) is 11.7. The number of carbonyl (C=O) groups excluding carboxylic acids is 1. The number of anilines is 1. The van der Waals surface area contributed by atoms with Crippen LogP contribution in [0.25, 0.3) is 10.9 Å². The van der Waals surface area contributed by atoms with Crippen molar-refractivity contribution in [3.63, 3.8) is 0 Å². The maximum Gasteiger partial charge on any atom is 0.309 e. The zero-order chi connectivity index (χ0) is 25.8. The van der Waals surface area contributed by atoms with E-state index in [1.54, 1.807) is 6.07 Å². The molecule has 0 unspecified atom stereocenters. The lowest BCUT2D eigenvalue weighted by molar-refractivity contribution is -0.149. The largest absolute Gasteiger partial charge is 0.494 e. The number of nitrogens with one attached hydrogen (secondary N) is 1. The normalized spacial score (nSPS) is 15.2. The average molecular weight is 497 g/mol. The summed E-state index contributed by atoms with van der Waals surface area (Å²) in [4.78, 5) is 22.4. The Hall–Kier alpha value is -4.10. The van der Waals surface area contributed by atoms with E-state index in [0.717, 1.165) is 54.6 Å². The first-order valence-electron chi connectivity index (χ1n) is 12.7. The minimum atomic E-state index is -0.0671. The second-order valence-corrected chi connectivity index (χ2v) is 9.45. The Morgan fingerprint density at radius 1 is 1.08 bits per heavy atom. The van der Waals surface area contributed by atoms with E-state index in [1.165, 1.54) is 5.56 Å². The molecule has 190 valence electrons. The van der Waals surface area contributed by atoms with Crippen molar-refractivity contribution in [1.82, 2.24) is 9.88 Å². The van der Waals surface area contributed by atoms with E-state index >= 15 is 0 Å². The highest BCUT2D eigenvalue weighted by Crippen LogP contribution is 2.32. The van der Waals surface area contributed by atoms with Crippen LogP contribution in [-0.4, -0.2) is 46.4 Å². The Morgan fingerprint density at radius 2 is 1.81 bits per heavy atom. The summed E-state index contributed by atoms with van der Waals surface area (Å²) in [6, 6.07) is 23.5. The van der Waals surface area contributed by atoms with Crippen LogP contribution in [-0.2, 0) is 16.1 Å². The summed E-state index contributed by atoms with van der Waals surface area (Å²) in [6.07, 6.45) is 1.67. The number of nitrogens with two attached hydrogens (primary N) is 1. The number of likely N-dealkylation sites (tertiary alicyclic amines) is 1. The number of H-pyrrole nitrogens is 1. The molecule has 1 fully saturated rings. The molecule has 5 rings (SSSR count). The third-order valence-corrected chi connectivity index (χ3v) is 6.88. The molecule has 0 radical (unpaired) electrons. The average Bonchev–Trinajstić information content (AvgIpc) is 3.24. The Morgan fingerprint density at radius 3 is 2.51 bits per heavy atom. The van der Waals surface area contributed by atoms with E-state index in [9.17, 15) is 9.90 Å². The van der Waals surface area contributed by atoms with Crippen LogP contribution in [0.4, 0.5) is 11.4 Å². The first-order valence-corrected chi connectivity index (χ1v) is 12.7. The Balaban J connectivity index is 1.38. The quantitative estimate of drug-likeness (QED) is 0.181. The lowest BCUT2D eigenvalue weighted by Gasteiger charge is -2.30. The van der Waals surface area contributed by atoms with Gasteiger partial charge in [0.2, 0.25) is 0 Å². The Labute approximate surface area is 216 Å². The van der Waals surface area contributed by atoms with Gasteiger partial charge in [0, 0.05) is 28.7 Å². The summed E-state index contributed by atoms with van der Waals surface area (Å²) in [7, 11) is 0. The number of nitrogen functional groups attached to an aromatic ring is 1. The molecule has 1 aromatic heterocycles. The van der Waals surface area contributed by atoms with Crippen molar-refractivity contribution in [3.8, 4) is 5.88 Å². The van der Waals surface area contributed by atoms with Gasteiger partial charge < -0.3 is 20.6 Å². The van der Waals surface area contributed by atoms with E-state index in [2.05, 4.69) is 22.0 Å². The van der Waals surface area contributed by atoms with Crippen LogP contribution in [0, 0.1) is 5.92 Å². The molecule has 1 aliphatic heterocycles. The van der Waals surface area contributed by atoms with Crippen molar-refractivity contribution in [2.45, 2.75) is 26.3 Å². The lowest BCUT2D eigenvalue weighted by atomic mass is 9.96. The second-order valence-electron chi connectivity index (χ2n) is 9.45. The fourth-order valence-corrected chi connectivity index (χ4v) is 4.95. The number of aromatic amines is 1. The standard InChI is InChI=1S/C30H32N4O3/c1-2-37-30(36)22-14-16-34(17-15-22)19-20-8-11-24(12-9-20)32-28(21-6-4-3-5-7-21)27-25-18-23(31)10-13-26(25)33-29(27)35/h3-13,18,22,33,35H,2,14-17,19,31H2,1H3. The number of aromatic nitrogens is 1. The van der Waals surface area contributed by atoms with Crippen molar-refractivity contribution < 1.29 is 14.6 Å². The second kappa shape index (κ2) is 10.9. The van der Waals surface area contributed by atoms with E-state index in [-0.39, 0.29) is 17.8 Å². The highest BCUT2D eigenvalue weighted by molar-refractivity contribution is 6.22. The summed E-state index contributed by atoms with van der Waals surface area (Å²) < 4.78 is 5.18. The smallest absolute Gasteiger partial charge is 0.309 e. The number of nitrogens with zero attached hydrogens (tertiary/aromatic N) is 2. The number of carbonyl (C=O) groups is 1. The Bertz CT molecular complexity index is 1400. The van der Waals surface area contributed by atoms with Gasteiger partial charge in [-0.2, -0.15) is 0 Å². The molecular formula is C30H32N4O3. The van der Waals surface area contributed by atoms with Gasteiger partial charge >= 0.3 is 5.97 Å². The van der Waals surface area contributed by atoms with Crippen molar-refractivity contribution >= 4 is 34.0 Å². The van der Waals surface area contributed by atoms with Crippen LogP contribution < -0.4 is 5.73 Å². The van der Waals surface area contributed by atoms with Gasteiger partial charge in [0.1, 0.15) is 0 Å². The van der Waals surface area contributed by atoms with E-state index in [0.29, 0.717) is 23.6 Å². The van der Waals surface area contributed by atoms with Gasteiger partial charge in [-0.15, -0.1) is 0 Å². The maximum absolute atomic E-state index is 12.0. The molecule has 4 N–H and O–H groups in total. The van der Waals surface area contributed by atoms with Gasteiger partial charge in [-0.1, -0.05) is 42.5 Å². The molecule has 2 heterocycles. The number of benzene rings is 3. The third kappa shape index (κ3) is 5.52. The molecule has 0 saturated carbocycles. The van der Waals surface area contributed by atoms with Crippen LogP contribution in [0.15, 0.2) is 77.8 Å². The molecule has 37 heavy (non-hydrogen) atoms. The molecule has 1 aliphatic rings. The molecule has 0 amide bonds. The Kier molecular flexibility index (Phi) is 7.23. The van der Waals surface area contributed by atoms with Crippen LogP contribution in [0.3, 0.4) is 0 Å². The zero-order valence-electron chi connectivity index (χ0n) is 21.0. The predicted molar refractivity (Wildman–Crippen MR) is 147 cm³/mol. The number of piperidine rings is 1. The summed E-state index contributed by atoms with van der Waals surface area (Å²) >= 11 is 0. The molecule has 0 bridgehead atoms. The van der Waals surface area contributed by atoms with Gasteiger partial charge in [-0.05, 0) is 68.8 Å². The summed E-state index contributed by atoms with van der Waals surface area (Å²) in [5, 5.41) is 11.7. The van der Waals surface area contributed by atoms with Gasteiger partial charge in [0.05, 0.1) is 29.5 Å². The van der Waals surface area contributed by atoms with Crippen molar-refractivity contribution in [2.75, 3.05) is 25.4 Å². The molecule has 0 aliphatic carbocycles. The first kappa shape index (κ1) is 24.6. The monoisotopic (exact) mass is 496 g/mol. The van der Waals surface area contributed by atoms with Crippen molar-refractivity contribution in [3.05, 3.63) is 89.5 Å². The van der Waals surface area contributed by atoms with Crippen molar-refractivity contribution in [1.29, 1.82) is 0 Å². The minimum absolute atomic E-state index is 0.0144. The van der Waals surface area contributed by atoms with Crippen molar-refractivity contribution in [2.24, 2.45) is 10.9 Å². The molecule has 7 heteroatoms. The van der Waals surface area contributed by atoms with Gasteiger partial charge in [-0.25, -0.2) is 4.99 Å². The third-order valence-electron chi connectivity index (χ3n) is 6.88. The number of aromatic hydroxyl groups is 1. The molecule has 0 atom stereocenters. The number of esters is 1. The number of rotatable bonds is 7. The number of hydrogen-bond donors (Lipinski definition) is 3. The van der Waals surface area contributed by atoms with E-state index in [1.807, 2.05) is 61.5 Å². The van der Waals surface area contributed by atoms with E-state index < -0.39 is 0 Å². The lowest BCUT2D eigenvalue weighted by Crippen LogP contribution is -2.36. The first-order chi connectivity index (χ1) is 18.0. The van der Waals surface area contributed by atoms with Crippen LogP contribution in [0.1, 0.15) is 36.5 Å². The molecule has 0 spiro atoms. The van der Waals surface area contributed by atoms with Crippen LogP contribution >= 0.6 is 0 Å². The minimum Gasteiger partial charge on any atom is -0.494 e. The molecule has 4 aromatic rings. The molecule has 7 nitrogen and oxygen atoms in total. The van der Waals surface area contributed by atoms with Crippen LogP contribution in [0.5, 0.6) is 5.88 Å². The number of hydrogen-bond acceptors (Lipinski definition) is 6.